The Morgan fingerprint density at radius 1 is 1.29 bits per heavy atom. The van der Waals surface area contributed by atoms with Crippen LogP contribution in [0.2, 0.25) is 0 Å². The molecule has 1 aromatic heterocycles. The van der Waals surface area contributed by atoms with Crippen molar-refractivity contribution in [3.05, 3.63) is 32.6 Å². The lowest BCUT2D eigenvalue weighted by atomic mass is 10.0. The van der Waals surface area contributed by atoms with Gasteiger partial charge in [-0.25, -0.2) is 23.5 Å². The second-order valence-corrected chi connectivity index (χ2v) is 4.65. The van der Waals surface area contributed by atoms with Crippen molar-refractivity contribution in [1.82, 2.24) is 13.9 Å². The summed E-state index contributed by atoms with van der Waals surface area (Å²) in [6.45, 7) is 5.33. The van der Waals surface area contributed by atoms with E-state index in [2.05, 4.69) is 0 Å². The molecule has 6 nitrogen and oxygen atoms in total. The topological polar surface area (TPSA) is 69.2 Å². The maximum absolute atomic E-state index is 12.0. The van der Waals surface area contributed by atoms with Crippen LogP contribution >= 0.6 is 0 Å². The molecule has 0 unspecified atom stereocenters. The highest BCUT2D eigenvalue weighted by molar-refractivity contribution is 5.14. The van der Waals surface area contributed by atoms with Crippen LogP contribution in [0.25, 0.3) is 0 Å². The average molecular weight is 239 g/mol. The summed E-state index contributed by atoms with van der Waals surface area (Å²) in [6.07, 6.45) is 1.18. The van der Waals surface area contributed by atoms with Gasteiger partial charge in [0.15, 0.2) is 0 Å². The molecule has 0 amide bonds. The fraction of sp³-hybridized carbons (Fsp3) is 0.636. The van der Waals surface area contributed by atoms with Crippen molar-refractivity contribution in [3.63, 3.8) is 0 Å². The Balaban J connectivity index is 2.80. The smallest absolute Gasteiger partial charge is 0.347 e. The fourth-order valence-corrected chi connectivity index (χ4v) is 2.52. The molecule has 0 spiro atoms. The maximum Gasteiger partial charge on any atom is 0.347 e. The number of aliphatic hydroxyl groups excluding tert-OH is 1. The second-order valence-electron chi connectivity index (χ2n) is 4.65. The summed E-state index contributed by atoms with van der Waals surface area (Å²) in [5.41, 5.74) is 0.164. The van der Waals surface area contributed by atoms with Gasteiger partial charge in [0.05, 0.1) is 12.1 Å². The predicted octanol–water partition coefficient (Wildman–Crippen LogP) is -0.209. The number of aromatic nitrogens is 3. The molecule has 1 aliphatic heterocycles. The highest BCUT2D eigenvalue weighted by atomic mass is 16.3. The zero-order chi connectivity index (χ0) is 12.9. The number of aliphatic hydroxyl groups is 1. The minimum Gasteiger partial charge on any atom is -0.391 e. The second kappa shape index (κ2) is 3.73. The van der Waals surface area contributed by atoms with Crippen LogP contribution in [0.4, 0.5) is 0 Å². The van der Waals surface area contributed by atoms with Gasteiger partial charge in [-0.05, 0) is 26.3 Å². The van der Waals surface area contributed by atoms with Crippen molar-refractivity contribution < 1.29 is 5.11 Å². The minimum atomic E-state index is -0.718. The SMILES string of the molecule is CC1=C[C@@H](C)n2c(=O)n(C)c(=O)n2[C@@H]1[C@H](C)O. The van der Waals surface area contributed by atoms with Crippen molar-refractivity contribution in [1.29, 1.82) is 0 Å². The molecule has 0 bridgehead atoms. The van der Waals surface area contributed by atoms with Crippen molar-refractivity contribution in [2.45, 2.75) is 39.0 Å². The van der Waals surface area contributed by atoms with E-state index < -0.39 is 12.1 Å². The molecule has 17 heavy (non-hydrogen) atoms. The number of nitrogens with zero attached hydrogens (tertiary/aromatic N) is 3. The normalized spacial score (nSPS) is 25.4. The molecule has 6 heteroatoms. The van der Waals surface area contributed by atoms with E-state index in [4.69, 9.17) is 0 Å². The molecule has 1 N–H and O–H groups in total. The molecule has 0 saturated carbocycles. The summed E-state index contributed by atoms with van der Waals surface area (Å²) >= 11 is 0. The van der Waals surface area contributed by atoms with Crippen LogP contribution in [0.15, 0.2) is 21.2 Å². The van der Waals surface area contributed by atoms with E-state index in [1.165, 1.54) is 16.4 Å². The number of allylic oxidation sites excluding steroid dienone is 1. The summed E-state index contributed by atoms with van der Waals surface area (Å²) < 4.78 is 3.82. The van der Waals surface area contributed by atoms with Gasteiger partial charge in [-0.1, -0.05) is 6.08 Å². The van der Waals surface area contributed by atoms with Gasteiger partial charge in [0.2, 0.25) is 0 Å². The standard InChI is InChI=1S/C11H17N3O3/c1-6-5-7(2)13-10(16)12(4)11(17)14(13)9(6)8(3)15/h5,7-9,15H,1-4H3/t7-,8+,9+/m1/s1. The molecule has 3 atom stereocenters. The largest absolute Gasteiger partial charge is 0.391 e. The van der Waals surface area contributed by atoms with Crippen LogP contribution in [0.1, 0.15) is 32.9 Å². The van der Waals surface area contributed by atoms with Crippen LogP contribution in [0.3, 0.4) is 0 Å². The zero-order valence-electron chi connectivity index (χ0n) is 10.4. The van der Waals surface area contributed by atoms with Gasteiger partial charge < -0.3 is 5.11 Å². The Labute approximate surface area is 98.4 Å². The molecular weight excluding hydrogens is 222 g/mol. The lowest BCUT2D eigenvalue weighted by molar-refractivity contribution is 0.122. The Bertz CT molecular complexity index is 588. The highest BCUT2D eigenvalue weighted by Crippen LogP contribution is 2.27. The van der Waals surface area contributed by atoms with Crippen LogP contribution in [0.5, 0.6) is 0 Å². The van der Waals surface area contributed by atoms with E-state index in [1.54, 1.807) is 6.92 Å². The fourth-order valence-electron chi connectivity index (χ4n) is 2.52. The molecule has 2 heterocycles. The molecule has 0 saturated heterocycles. The molecular formula is C11H17N3O3. The third-order valence-corrected chi connectivity index (χ3v) is 3.27. The number of hydrogen-bond acceptors (Lipinski definition) is 3. The van der Waals surface area contributed by atoms with Gasteiger partial charge in [0.25, 0.3) is 0 Å². The minimum absolute atomic E-state index is 0.175. The summed E-state index contributed by atoms with van der Waals surface area (Å²) in [5, 5.41) is 9.78. The predicted molar refractivity (Wildman–Crippen MR) is 63.1 cm³/mol. The van der Waals surface area contributed by atoms with E-state index in [1.807, 2.05) is 19.9 Å². The summed E-state index contributed by atoms with van der Waals surface area (Å²) in [4.78, 5) is 23.9. The molecule has 1 aromatic rings. The van der Waals surface area contributed by atoms with E-state index in [-0.39, 0.29) is 17.4 Å². The maximum atomic E-state index is 12.0. The van der Waals surface area contributed by atoms with Gasteiger partial charge in [0, 0.05) is 7.05 Å². The van der Waals surface area contributed by atoms with Crippen molar-refractivity contribution in [3.8, 4) is 0 Å². The van der Waals surface area contributed by atoms with Crippen LogP contribution < -0.4 is 11.4 Å². The third kappa shape index (κ3) is 1.51. The Morgan fingerprint density at radius 2 is 1.82 bits per heavy atom. The molecule has 1 aliphatic rings. The van der Waals surface area contributed by atoms with E-state index >= 15 is 0 Å². The first-order valence-electron chi connectivity index (χ1n) is 5.62. The van der Waals surface area contributed by atoms with Crippen molar-refractivity contribution in [2.24, 2.45) is 7.05 Å². The Morgan fingerprint density at radius 3 is 2.35 bits per heavy atom. The Kier molecular flexibility index (Phi) is 2.61. The summed E-state index contributed by atoms with van der Waals surface area (Å²) in [6, 6.07) is -0.640. The number of rotatable bonds is 1. The first-order valence-corrected chi connectivity index (χ1v) is 5.62. The van der Waals surface area contributed by atoms with Gasteiger partial charge in [0.1, 0.15) is 6.04 Å². The molecule has 94 valence electrons. The lowest BCUT2D eigenvalue weighted by Gasteiger charge is -2.30. The van der Waals surface area contributed by atoms with Gasteiger partial charge in [-0.15, -0.1) is 0 Å². The zero-order valence-corrected chi connectivity index (χ0v) is 10.4. The lowest BCUT2D eigenvalue weighted by Crippen LogP contribution is -2.40. The first-order chi connectivity index (χ1) is 7.86. The van der Waals surface area contributed by atoms with E-state index in [0.29, 0.717) is 0 Å². The highest BCUT2D eigenvalue weighted by Gasteiger charge is 2.31. The van der Waals surface area contributed by atoms with Gasteiger partial charge >= 0.3 is 11.4 Å². The van der Waals surface area contributed by atoms with Gasteiger partial charge in [-0.2, -0.15) is 0 Å². The number of hydrogen-bond donors (Lipinski definition) is 1. The quantitative estimate of drug-likeness (QED) is 0.689. The molecule has 0 aliphatic carbocycles. The van der Waals surface area contributed by atoms with Crippen LogP contribution in [0, 0.1) is 0 Å². The molecule has 0 aromatic carbocycles. The molecule has 2 rings (SSSR count). The van der Waals surface area contributed by atoms with Crippen molar-refractivity contribution >= 4 is 0 Å². The number of fused-ring (bicyclic) bond motifs is 1. The molecule has 0 fully saturated rings. The van der Waals surface area contributed by atoms with Crippen LogP contribution in [-0.2, 0) is 7.05 Å². The summed E-state index contributed by atoms with van der Waals surface area (Å²) in [7, 11) is 1.45. The van der Waals surface area contributed by atoms with Crippen LogP contribution in [-0.4, -0.2) is 25.1 Å². The first kappa shape index (κ1) is 11.9. The third-order valence-electron chi connectivity index (χ3n) is 3.27. The van der Waals surface area contributed by atoms with E-state index in [9.17, 15) is 14.7 Å². The van der Waals surface area contributed by atoms with Crippen molar-refractivity contribution in [2.75, 3.05) is 0 Å². The average Bonchev–Trinajstić information content (AvgIpc) is 2.43. The van der Waals surface area contributed by atoms with Gasteiger partial charge in [-0.3, -0.25) is 0 Å². The Hall–Kier alpha value is -1.56. The monoisotopic (exact) mass is 239 g/mol. The van der Waals surface area contributed by atoms with E-state index in [0.717, 1.165) is 10.1 Å². The molecule has 0 radical (unpaired) electrons. The summed E-state index contributed by atoms with van der Waals surface area (Å²) in [5.74, 6) is 0.